The fourth-order valence-electron chi connectivity index (χ4n) is 2.08. The molecule has 1 saturated heterocycles. The van der Waals surface area contributed by atoms with Crippen molar-refractivity contribution >= 4 is 11.4 Å². The van der Waals surface area contributed by atoms with Crippen molar-refractivity contribution in [2.24, 2.45) is 0 Å². The van der Waals surface area contributed by atoms with Crippen LogP contribution in [0.3, 0.4) is 0 Å². The van der Waals surface area contributed by atoms with Gasteiger partial charge in [0.25, 0.3) is 0 Å². The van der Waals surface area contributed by atoms with Crippen LogP contribution in [-0.4, -0.2) is 13.1 Å². The molecule has 0 N–H and O–H groups in total. The van der Waals surface area contributed by atoms with Gasteiger partial charge in [-0.1, -0.05) is 0 Å². The molecule has 15 heavy (non-hydrogen) atoms. The van der Waals surface area contributed by atoms with E-state index >= 15 is 0 Å². The molecule has 1 aliphatic heterocycles. The zero-order valence-corrected chi connectivity index (χ0v) is 9.32. The van der Waals surface area contributed by atoms with E-state index in [0.29, 0.717) is 5.69 Å². The second-order valence-corrected chi connectivity index (χ2v) is 4.22. The van der Waals surface area contributed by atoms with Gasteiger partial charge >= 0.3 is 5.69 Å². The van der Waals surface area contributed by atoms with Crippen molar-refractivity contribution in [3.05, 3.63) is 28.2 Å². The summed E-state index contributed by atoms with van der Waals surface area (Å²) in [6, 6.07) is 4.07. The molecule has 0 unspecified atom stereocenters. The Kier molecular flexibility index (Phi) is 2.59. The lowest BCUT2D eigenvalue weighted by Crippen LogP contribution is -2.17. The van der Waals surface area contributed by atoms with Crippen molar-refractivity contribution in [2.45, 2.75) is 26.7 Å². The highest BCUT2D eigenvalue weighted by atomic mass is 15.2. The molecule has 0 aromatic heterocycles. The summed E-state index contributed by atoms with van der Waals surface area (Å²) in [7, 11) is 0. The second kappa shape index (κ2) is 3.90. The highest BCUT2D eigenvalue weighted by Gasteiger charge is 2.23. The number of aryl methyl sites for hydroxylation is 2. The largest absolute Gasteiger partial charge is 0.408 e. The number of hydrogen-bond donors (Lipinski definition) is 0. The molecule has 0 radical (unpaired) electrons. The van der Waals surface area contributed by atoms with Gasteiger partial charge in [0.2, 0.25) is 5.39 Å². The van der Waals surface area contributed by atoms with Crippen LogP contribution in [0.4, 0.5) is 11.4 Å². The van der Waals surface area contributed by atoms with Crippen molar-refractivity contribution in [3.63, 3.8) is 0 Å². The van der Waals surface area contributed by atoms with E-state index in [-0.39, 0.29) is 0 Å². The molecule has 0 bridgehead atoms. The minimum atomic E-state index is 0.694. The Hall–Kier alpha value is -1.56. The van der Waals surface area contributed by atoms with Crippen molar-refractivity contribution in [3.8, 4) is 0 Å². The summed E-state index contributed by atoms with van der Waals surface area (Å²) in [5.74, 6) is 0. The normalized spacial score (nSPS) is 15.4. The van der Waals surface area contributed by atoms with Crippen molar-refractivity contribution in [1.29, 1.82) is 5.39 Å². The Morgan fingerprint density at radius 3 is 2.33 bits per heavy atom. The van der Waals surface area contributed by atoms with Crippen LogP contribution in [0.25, 0.3) is 4.98 Å². The first-order chi connectivity index (χ1) is 7.22. The lowest BCUT2D eigenvalue weighted by Gasteiger charge is -2.16. The van der Waals surface area contributed by atoms with Crippen molar-refractivity contribution in [2.75, 3.05) is 18.0 Å². The van der Waals surface area contributed by atoms with Gasteiger partial charge in [0, 0.05) is 19.2 Å². The molecule has 1 aromatic rings. The van der Waals surface area contributed by atoms with Gasteiger partial charge in [-0.25, -0.2) is 0 Å². The molecule has 0 atom stereocenters. The van der Waals surface area contributed by atoms with Crippen LogP contribution in [0.15, 0.2) is 12.1 Å². The number of nitrogens with zero attached hydrogens (tertiary/aromatic N) is 3. The summed E-state index contributed by atoms with van der Waals surface area (Å²) in [5.41, 5.74) is 4.19. The van der Waals surface area contributed by atoms with Gasteiger partial charge in [0.15, 0.2) is 4.98 Å². The monoisotopic (exact) mass is 202 g/mol. The minimum Gasteiger partial charge on any atom is -0.365 e. The molecule has 1 aromatic carbocycles. The SMILES string of the molecule is Cc1cc([N+]#N)c(N2CCCC2)cc1C. The molecule has 0 saturated carbocycles. The summed E-state index contributed by atoms with van der Waals surface area (Å²) in [5, 5.41) is 8.99. The predicted molar refractivity (Wildman–Crippen MR) is 62.1 cm³/mol. The van der Waals surface area contributed by atoms with Crippen LogP contribution in [0.1, 0.15) is 24.0 Å². The van der Waals surface area contributed by atoms with E-state index in [1.807, 2.05) is 13.0 Å². The van der Waals surface area contributed by atoms with E-state index in [0.717, 1.165) is 18.8 Å². The van der Waals surface area contributed by atoms with Gasteiger partial charge in [-0.2, -0.15) is 0 Å². The van der Waals surface area contributed by atoms with Crippen molar-refractivity contribution in [1.82, 2.24) is 0 Å². The summed E-state index contributed by atoms with van der Waals surface area (Å²) in [6.45, 7) is 6.28. The molecule has 0 spiro atoms. The van der Waals surface area contributed by atoms with Crippen LogP contribution in [0.2, 0.25) is 0 Å². The van der Waals surface area contributed by atoms with Gasteiger partial charge in [0.1, 0.15) is 5.69 Å². The number of anilines is 1. The van der Waals surface area contributed by atoms with E-state index in [4.69, 9.17) is 5.39 Å². The van der Waals surface area contributed by atoms with E-state index in [1.54, 1.807) is 0 Å². The number of benzene rings is 1. The third-order valence-electron chi connectivity index (χ3n) is 3.15. The first kappa shape index (κ1) is 9.97. The summed E-state index contributed by atoms with van der Waals surface area (Å²) >= 11 is 0. The van der Waals surface area contributed by atoms with Crippen LogP contribution in [-0.2, 0) is 0 Å². The van der Waals surface area contributed by atoms with Crippen LogP contribution >= 0.6 is 0 Å². The fraction of sp³-hybridized carbons (Fsp3) is 0.500. The standard InChI is InChI=1S/C12H16N3/c1-9-7-11(14-13)12(8-10(9)2)15-5-3-4-6-15/h7-8H,3-6H2,1-2H3/q+1. The number of diazo groups is 1. The van der Waals surface area contributed by atoms with Crippen LogP contribution < -0.4 is 4.90 Å². The minimum absolute atomic E-state index is 0.694. The Labute approximate surface area is 90.3 Å². The van der Waals surface area contributed by atoms with Gasteiger partial charge in [-0.3, -0.25) is 0 Å². The lowest BCUT2D eigenvalue weighted by atomic mass is 10.1. The molecule has 1 heterocycles. The molecule has 0 aliphatic carbocycles. The van der Waals surface area contributed by atoms with E-state index < -0.39 is 0 Å². The van der Waals surface area contributed by atoms with E-state index in [9.17, 15) is 0 Å². The lowest BCUT2D eigenvalue weighted by molar-refractivity contribution is 0.949. The predicted octanol–water partition coefficient (Wildman–Crippen LogP) is 3.39. The summed E-state index contributed by atoms with van der Waals surface area (Å²) < 4.78 is 0. The zero-order valence-electron chi connectivity index (χ0n) is 9.32. The first-order valence-corrected chi connectivity index (χ1v) is 5.43. The number of rotatable bonds is 1. The molecule has 0 amide bonds. The average molecular weight is 202 g/mol. The first-order valence-electron chi connectivity index (χ1n) is 5.43. The Morgan fingerprint density at radius 2 is 1.73 bits per heavy atom. The molecule has 3 nitrogen and oxygen atoms in total. The topological polar surface area (TPSA) is 31.4 Å². The zero-order chi connectivity index (χ0) is 10.8. The molecule has 1 aliphatic rings. The summed E-state index contributed by atoms with van der Waals surface area (Å²) in [6.07, 6.45) is 2.47. The molecule has 78 valence electrons. The highest BCUT2D eigenvalue weighted by Crippen LogP contribution is 2.33. The maximum absolute atomic E-state index is 8.99. The van der Waals surface area contributed by atoms with Crippen LogP contribution in [0.5, 0.6) is 0 Å². The third kappa shape index (κ3) is 1.80. The molecular weight excluding hydrogens is 186 g/mol. The van der Waals surface area contributed by atoms with E-state index in [2.05, 4.69) is 22.9 Å². The highest BCUT2D eigenvalue weighted by molar-refractivity contribution is 5.73. The molecular formula is C12H16N3+. The van der Waals surface area contributed by atoms with Gasteiger partial charge in [-0.05, 0) is 43.9 Å². The maximum atomic E-state index is 8.99. The molecule has 3 heteroatoms. The third-order valence-corrected chi connectivity index (χ3v) is 3.15. The smallest absolute Gasteiger partial charge is 0.365 e. The van der Waals surface area contributed by atoms with Gasteiger partial charge in [-0.15, -0.1) is 0 Å². The molecule has 1 fully saturated rings. The maximum Gasteiger partial charge on any atom is 0.408 e. The van der Waals surface area contributed by atoms with Crippen molar-refractivity contribution < 1.29 is 0 Å². The quantitative estimate of drug-likeness (QED) is 0.654. The summed E-state index contributed by atoms with van der Waals surface area (Å²) in [4.78, 5) is 5.67. The molecule has 2 rings (SSSR count). The fourth-order valence-corrected chi connectivity index (χ4v) is 2.08. The second-order valence-electron chi connectivity index (χ2n) is 4.22. The average Bonchev–Trinajstić information content (AvgIpc) is 2.74. The Bertz CT molecular complexity index is 412. The Balaban J connectivity index is 2.45. The van der Waals surface area contributed by atoms with Gasteiger partial charge in [0.05, 0.1) is 0 Å². The number of hydrogen-bond acceptors (Lipinski definition) is 2. The van der Waals surface area contributed by atoms with E-state index in [1.165, 1.54) is 24.0 Å². The Morgan fingerprint density at radius 1 is 1.13 bits per heavy atom. The van der Waals surface area contributed by atoms with Crippen LogP contribution in [0, 0.1) is 19.2 Å². The van der Waals surface area contributed by atoms with Gasteiger partial charge < -0.3 is 4.90 Å².